The molecule has 0 aliphatic heterocycles. The first-order valence-electron chi connectivity index (χ1n) is 7.42. The van der Waals surface area contributed by atoms with Crippen LogP contribution in [0.1, 0.15) is 0 Å². The van der Waals surface area contributed by atoms with Crippen LogP contribution in [0.2, 0.25) is 0 Å². The molecule has 0 atom stereocenters. The molecule has 4 rings (SSSR count). The van der Waals surface area contributed by atoms with Crippen LogP contribution in [0.25, 0.3) is 21.5 Å². The smallest absolute Gasteiger partial charge is 0.0450 e. The van der Waals surface area contributed by atoms with Gasteiger partial charge in [-0.15, -0.1) is 0 Å². The van der Waals surface area contributed by atoms with Crippen LogP contribution in [0.5, 0.6) is 0 Å². The number of rotatable bonds is 2. The molecule has 0 aliphatic carbocycles. The van der Waals surface area contributed by atoms with Crippen molar-refractivity contribution in [1.82, 2.24) is 0 Å². The fourth-order valence-electron chi connectivity index (χ4n) is 2.88. The van der Waals surface area contributed by atoms with Gasteiger partial charge >= 0.3 is 0 Å². The molecular weight excluding hydrogens is 282 g/mol. The number of hydrogen-bond donors (Lipinski definition) is 0. The van der Waals surface area contributed by atoms with Gasteiger partial charge < -0.3 is 0 Å². The van der Waals surface area contributed by atoms with E-state index in [1.165, 1.54) is 32.2 Å². The topological polar surface area (TPSA) is 0 Å². The van der Waals surface area contributed by atoms with Gasteiger partial charge in [0.2, 0.25) is 0 Å². The predicted octanol–water partition coefficient (Wildman–Crippen LogP) is 4.24. The monoisotopic (exact) mass is 297 g/mol. The molecule has 0 bridgehead atoms. The highest BCUT2D eigenvalue weighted by Gasteiger charge is 2.07. The van der Waals surface area contributed by atoms with Gasteiger partial charge in [0.05, 0.1) is 0 Å². The lowest BCUT2D eigenvalue weighted by Gasteiger charge is -2.18. The van der Waals surface area contributed by atoms with Crippen molar-refractivity contribution in [2.24, 2.45) is 0 Å². The highest BCUT2D eigenvalue weighted by atomic mass is 31.1. The van der Waals surface area contributed by atoms with Gasteiger partial charge in [-0.3, -0.25) is 7.57 Å². The lowest BCUT2D eigenvalue weighted by Crippen LogP contribution is -2.11. The summed E-state index contributed by atoms with van der Waals surface area (Å²) in [6, 6.07) is 30.0. The van der Waals surface area contributed by atoms with Gasteiger partial charge in [0.15, 0.2) is 0 Å². The summed E-state index contributed by atoms with van der Waals surface area (Å²) in [5.41, 5.74) is 0. The van der Waals surface area contributed by atoms with Crippen LogP contribution >= 0.6 is 7.80 Å². The largest absolute Gasteiger partial charge is 0.295 e. The number of hydrogen-bond acceptors (Lipinski definition) is 0. The minimum absolute atomic E-state index is 1.23. The molecule has 103 valence electrons. The SMILES string of the molecule is [B-][PH+](c1ccc2ccccc2c1)c1ccc2ccccc2c1. The zero-order valence-electron chi connectivity index (χ0n) is 12.2. The standard InChI is InChI=1S/C20H15BP/c21-22(19-11-9-15-5-1-3-7-17(15)13-19)20-12-10-16-6-2-4-8-18(16)14-20/h1-14,22H. The quantitative estimate of drug-likeness (QED) is 0.383. The van der Waals surface area contributed by atoms with Crippen molar-refractivity contribution < 1.29 is 0 Å². The van der Waals surface area contributed by atoms with E-state index in [4.69, 9.17) is 7.57 Å². The van der Waals surface area contributed by atoms with Crippen molar-refractivity contribution in [3.63, 3.8) is 0 Å². The van der Waals surface area contributed by atoms with E-state index in [9.17, 15) is 0 Å². The van der Waals surface area contributed by atoms with Crippen LogP contribution in [-0.2, 0) is 0 Å². The second-order valence-electron chi connectivity index (χ2n) is 5.54. The van der Waals surface area contributed by atoms with Gasteiger partial charge in [-0.25, -0.2) is 0 Å². The molecule has 4 aromatic rings. The summed E-state index contributed by atoms with van der Waals surface area (Å²) >= 11 is 0. The molecule has 0 nitrogen and oxygen atoms in total. The minimum Gasteiger partial charge on any atom is -0.295 e. The van der Waals surface area contributed by atoms with E-state index in [-0.39, 0.29) is 0 Å². The average Bonchev–Trinajstić information content (AvgIpc) is 2.60. The van der Waals surface area contributed by atoms with E-state index in [0.717, 1.165) is 0 Å². The Balaban J connectivity index is 1.78. The van der Waals surface area contributed by atoms with E-state index >= 15 is 0 Å². The predicted molar refractivity (Wildman–Crippen MR) is 101 cm³/mol. The summed E-state index contributed by atoms with van der Waals surface area (Å²) in [7, 11) is 5.37. The summed E-state index contributed by atoms with van der Waals surface area (Å²) in [6.45, 7) is 0. The molecule has 0 aromatic heterocycles. The first-order chi connectivity index (χ1) is 10.8. The summed E-state index contributed by atoms with van der Waals surface area (Å²) in [6.07, 6.45) is 0. The second-order valence-corrected chi connectivity index (χ2v) is 7.52. The normalized spacial score (nSPS) is 11.4. The lowest BCUT2D eigenvalue weighted by molar-refractivity contribution is 1.77. The number of benzene rings is 4. The molecule has 0 fully saturated rings. The third-order valence-electron chi connectivity index (χ3n) is 4.12. The van der Waals surface area contributed by atoms with Gasteiger partial charge in [-0.05, 0) is 45.8 Å². The van der Waals surface area contributed by atoms with E-state index in [2.05, 4.69) is 84.9 Å². The Morgan fingerprint density at radius 3 is 1.36 bits per heavy atom. The maximum Gasteiger partial charge on any atom is 0.0450 e. The molecule has 0 amide bonds. The molecule has 22 heavy (non-hydrogen) atoms. The first-order valence-corrected chi connectivity index (χ1v) is 9.00. The molecular formula is C20H15BP. The Bertz CT molecular complexity index is 882. The number of fused-ring (bicyclic) bond motifs is 2. The molecule has 3 radical (unpaired) electrons. The summed E-state index contributed by atoms with van der Waals surface area (Å²) in [4.78, 5) is 0. The zero-order valence-corrected chi connectivity index (χ0v) is 13.2. The Hall–Kier alpha value is -2.11. The molecule has 2 heteroatoms. The molecule has 0 heterocycles. The van der Waals surface area contributed by atoms with Crippen molar-refractivity contribution in [3.8, 4) is 0 Å². The fraction of sp³-hybridized carbons (Fsp3) is 0. The Morgan fingerprint density at radius 1 is 0.500 bits per heavy atom. The average molecular weight is 297 g/mol. The summed E-state index contributed by atoms with van der Waals surface area (Å²) < 4.78 is 0. The van der Waals surface area contributed by atoms with Gasteiger partial charge in [0, 0.05) is 10.6 Å². The van der Waals surface area contributed by atoms with Crippen LogP contribution in [0.4, 0.5) is 0 Å². The second kappa shape index (κ2) is 5.59. The Morgan fingerprint density at radius 2 is 0.909 bits per heavy atom. The zero-order chi connectivity index (χ0) is 14.9. The molecule has 0 spiro atoms. The van der Waals surface area contributed by atoms with Crippen molar-refractivity contribution >= 4 is 47.5 Å². The Labute approximate surface area is 132 Å². The maximum atomic E-state index is 6.60. The molecule has 0 unspecified atom stereocenters. The minimum atomic E-state index is -1.23. The first kappa shape index (κ1) is 13.6. The van der Waals surface area contributed by atoms with E-state index in [1.54, 1.807) is 0 Å². The third-order valence-corrected chi connectivity index (χ3v) is 5.99. The Kier molecular flexibility index (Phi) is 3.44. The maximum absolute atomic E-state index is 6.60. The van der Waals surface area contributed by atoms with Crippen molar-refractivity contribution in [1.29, 1.82) is 0 Å². The van der Waals surface area contributed by atoms with Crippen molar-refractivity contribution in [3.05, 3.63) is 84.9 Å². The van der Waals surface area contributed by atoms with E-state index in [0.29, 0.717) is 0 Å². The van der Waals surface area contributed by atoms with Gasteiger partial charge in [-0.1, -0.05) is 60.7 Å². The van der Waals surface area contributed by atoms with Gasteiger partial charge in [0.25, 0.3) is 0 Å². The van der Waals surface area contributed by atoms with Gasteiger partial charge in [0.1, 0.15) is 0 Å². The highest BCUT2D eigenvalue weighted by molar-refractivity contribution is 7.94. The van der Waals surface area contributed by atoms with Crippen LogP contribution < -0.4 is 10.6 Å². The van der Waals surface area contributed by atoms with Gasteiger partial charge in [-0.2, -0.15) is 7.80 Å². The molecule has 0 N–H and O–H groups in total. The van der Waals surface area contributed by atoms with Crippen LogP contribution in [0.15, 0.2) is 84.9 Å². The van der Waals surface area contributed by atoms with E-state index < -0.39 is 7.80 Å². The van der Waals surface area contributed by atoms with E-state index in [1.807, 2.05) is 0 Å². The van der Waals surface area contributed by atoms with Crippen LogP contribution in [0.3, 0.4) is 0 Å². The summed E-state index contributed by atoms with van der Waals surface area (Å²) in [5, 5.41) is 7.54. The van der Waals surface area contributed by atoms with Crippen LogP contribution in [0, 0.1) is 0 Å². The summed E-state index contributed by atoms with van der Waals surface area (Å²) in [5.74, 6) is 0. The molecule has 0 aliphatic rings. The third kappa shape index (κ3) is 2.43. The van der Waals surface area contributed by atoms with Crippen molar-refractivity contribution in [2.75, 3.05) is 0 Å². The molecule has 0 saturated carbocycles. The molecule has 4 aromatic carbocycles. The fourth-order valence-corrected chi connectivity index (χ4v) is 4.36. The lowest BCUT2D eigenvalue weighted by atomic mass is 10.1. The molecule has 0 saturated heterocycles. The van der Waals surface area contributed by atoms with Crippen molar-refractivity contribution in [2.45, 2.75) is 0 Å². The highest BCUT2D eigenvalue weighted by Crippen LogP contribution is 2.30. The van der Waals surface area contributed by atoms with Crippen LogP contribution in [-0.4, -0.2) is 7.57 Å².